The Morgan fingerprint density at radius 2 is 1.90 bits per heavy atom. The van der Waals surface area contributed by atoms with Gasteiger partial charge in [-0.2, -0.15) is 0 Å². The van der Waals surface area contributed by atoms with Gasteiger partial charge in [0, 0.05) is 17.9 Å². The number of para-hydroxylation sites is 1. The van der Waals surface area contributed by atoms with Crippen molar-refractivity contribution in [3.63, 3.8) is 0 Å². The van der Waals surface area contributed by atoms with Crippen molar-refractivity contribution in [2.45, 2.75) is 20.3 Å². The number of guanidine groups is 1. The summed E-state index contributed by atoms with van der Waals surface area (Å²) in [6, 6.07) is 14.5. The van der Waals surface area contributed by atoms with E-state index in [2.05, 4.69) is 49.5 Å². The molecule has 3 nitrogen and oxygen atoms in total. The highest BCUT2D eigenvalue weighted by molar-refractivity contribution is 6.04. The molecule has 0 aliphatic carbocycles. The van der Waals surface area contributed by atoms with E-state index < -0.39 is 0 Å². The third-order valence-electron chi connectivity index (χ3n) is 3.93. The Balaban J connectivity index is 1.79. The van der Waals surface area contributed by atoms with E-state index in [0.717, 1.165) is 24.3 Å². The van der Waals surface area contributed by atoms with E-state index >= 15 is 0 Å². The van der Waals surface area contributed by atoms with Crippen molar-refractivity contribution in [1.29, 1.82) is 5.41 Å². The molecule has 1 heterocycles. The van der Waals surface area contributed by atoms with Gasteiger partial charge in [-0.1, -0.05) is 24.3 Å². The number of fused-ring (bicyclic) bond motifs is 1. The summed E-state index contributed by atoms with van der Waals surface area (Å²) in [5, 5.41) is 11.5. The van der Waals surface area contributed by atoms with Crippen LogP contribution in [0.3, 0.4) is 0 Å². The van der Waals surface area contributed by atoms with Gasteiger partial charge in [-0.3, -0.25) is 5.41 Å². The zero-order valence-electron chi connectivity index (χ0n) is 11.9. The number of aryl methyl sites for hydroxylation is 2. The molecule has 1 aliphatic rings. The second-order valence-corrected chi connectivity index (χ2v) is 5.30. The Morgan fingerprint density at radius 3 is 2.70 bits per heavy atom. The number of hydrogen-bond donors (Lipinski definition) is 2. The first kappa shape index (κ1) is 12.7. The number of hydrogen-bond acceptors (Lipinski definition) is 1. The third kappa shape index (κ3) is 2.27. The second-order valence-electron chi connectivity index (χ2n) is 5.30. The summed E-state index contributed by atoms with van der Waals surface area (Å²) in [6.07, 6.45) is 1.01. The topological polar surface area (TPSA) is 39.1 Å². The Morgan fingerprint density at radius 1 is 1.10 bits per heavy atom. The summed E-state index contributed by atoms with van der Waals surface area (Å²) >= 11 is 0. The number of rotatable bonds is 1. The van der Waals surface area contributed by atoms with Gasteiger partial charge in [-0.05, 0) is 55.2 Å². The molecule has 0 atom stereocenters. The highest BCUT2D eigenvalue weighted by Gasteiger charge is 2.21. The zero-order valence-corrected chi connectivity index (χ0v) is 11.9. The molecule has 0 saturated carbocycles. The molecule has 1 aliphatic heterocycles. The quantitative estimate of drug-likeness (QED) is 0.609. The first-order valence-electron chi connectivity index (χ1n) is 6.93. The number of anilines is 2. The van der Waals surface area contributed by atoms with E-state index in [1.807, 2.05) is 17.0 Å². The maximum absolute atomic E-state index is 8.29. The standard InChI is InChI=1S/C17H19N3/c1-12-7-8-15(11-13(12)2)19-17(18)20-10-9-14-5-3-4-6-16(14)20/h3-8,11H,9-10H2,1-2H3,(H2,18,19). The van der Waals surface area contributed by atoms with E-state index in [9.17, 15) is 0 Å². The van der Waals surface area contributed by atoms with Gasteiger partial charge in [0.2, 0.25) is 0 Å². The van der Waals surface area contributed by atoms with Crippen LogP contribution in [0.25, 0.3) is 0 Å². The summed E-state index contributed by atoms with van der Waals surface area (Å²) in [7, 11) is 0. The maximum atomic E-state index is 8.29. The molecule has 0 bridgehead atoms. The van der Waals surface area contributed by atoms with Crippen LogP contribution in [0.5, 0.6) is 0 Å². The minimum absolute atomic E-state index is 0.443. The molecule has 2 aromatic rings. The van der Waals surface area contributed by atoms with Gasteiger partial charge in [-0.15, -0.1) is 0 Å². The van der Waals surface area contributed by atoms with Crippen molar-refractivity contribution in [3.05, 3.63) is 59.2 Å². The minimum atomic E-state index is 0.443. The van der Waals surface area contributed by atoms with Gasteiger partial charge in [-0.25, -0.2) is 0 Å². The normalized spacial score (nSPS) is 13.2. The molecule has 0 spiro atoms. The fraction of sp³-hybridized carbons (Fsp3) is 0.235. The summed E-state index contributed by atoms with van der Waals surface area (Å²) < 4.78 is 0. The largest absolute Gasteiger partial charge is 0.326 e. The molecule has 0 unspecified atom stereocenters. The Bertz CT molecular complexity index is 661. The van der Waals surface area contributed by atoms with Gasteiger partial charge in [0.15, 0.2) is 5.96 Å². The second kappa shape index (κ2) is 5.00. The van der Waals surface area contributed by atoms with Crippen LogP contribution in [0, 0.1) is 19.3 Å². The van der Waals surface area contributed by atoms with Crippen LogP contribution in [0.4, 0.5) is 11.4 Å². The van der Waals surface area contributed by atoms with Crippen LogP contribution < -0.4 is 10.2 Å². The molecule has 2 aromatic carbocycles. The van der Waals surface area contributed by atoms with E-state index in [4.69, 9.17) is 5.41 Å². The molecule has 0 aromatic heterocycles. The molecular weight excluding hydrogens is 246 g/mol. The SMILES string of the molecule is Cc1ccc(NC(=N)N2CCc3ccccc32)cc1C. The Labute approximate surface area is 119 Å². The van der Waals surface area contributed by atoms with E-state index in [-0.39, 0.29) is 0 Å². The van der Waals surface area contributed by atoms with Gasteiger partial charge < -0.3 is 10.2 Å². The molecule has 102 valence electrons. The molecule has 3 rings (SSSR count). The van der Waals surface area contributed by atoms with Crippen LogP contribution in [0.1, 0.15) is 16.7 Å². The van der Waals surface area contributed by atoms with Crippen LogP contribution in [0.15, 0.2) is 42.5 Å². The molecule has 3 heteroatoms. The maximum Gasteiger partial charge on any atom is 0.200 e. The summed E-state index contributed by atoms with van der Waals surface area (Å²) in [4.78, 5) is 2.03. The highest BCUT2D eigenvalue weighted by Crippen LogP contribution is 2.27. The average Bonchev–Trinajstić information content (AvgIpc) is 2.87. The number of nitrogens with one attached hydrogen (secondary N) is 2. The van der Waals surface area contributed by atoms with Gasteiger partial charge in [0.25, 0.3) is 0 Å². The third-order valence-corrected chi connectivity index (χ3v) is 3.93. The van der Waals surface area contributed by atoms with Crippen molar-refractivity contribution in [2.75, 3.05) is 16.8 Å². The molecule has 20 heavy (non-hydrogen) atoms. The van der Waals surface area contributed by atoms with Gasteiger partial charge >= 0.3 is 0 Å². The Hall–Kier alpha value is -2.29. The first-order valence-corrected chi connectivity index (χ1v) is 6.93. The fourth-order valence-corrected chi connectivity index (χ4v) is 2.59. The van der Waals surface area contributed by atoms with Crippen molar-refractivity contribution in [3.8, 4) is 0 Å². The van der Waals surface area contributed by atoms with Crippen molar-refractivity contribution in [1.82, 2.24) is 0 Å². The minimum Gasteiger partial charge on any atom is -0.326 e. The molecule has 0 radical (unpaired) electrons. The van der Waals surface area contributed by atoms with E-state index in [1.54, 1.807) is 0 Å². The van der Waals surface area contributed by atoms with Crippen LogP contribution >= 0.6 is 0 Å². The monoisotopic (exact) mass is 265 g/mol. The smallest absolute Gasteiger partial charge is 0.200 e. The lowest BCUT2D eigenvalue weighted by Gasteiger charge is -2.21. The predicted molar refractivity (Wildman–Crippen MR) is 84.8 cm³/mol. The Kier molecular flexibility index (Phi) is 3.18. The lowest BCUT2D eigenvalue weighted by molar-refractivity contribution is 1.01. The molecule has 0 fully saturated rings. The predicted octanol–water partition coefficient (Wildman–Crippen LogP) is 3.71. The lowest BCUT2D eigenvalue weighted by atomic mass is 10.1. The summed E-state index contributed by atoms with van der Waals surface area (Å²) in [5.41, 5.74) is 5.95. The van der Waals surface area contributed by atoms with Crippen LogP contribution in [0.2, 0.25) is 0 Å². The van der Waals surface area contributed by atoms with Crippen molar-refractivity contribution < 1.29 is 0 Å². The highest BCUT2D eigenvalue weighted by atomic mass is 15.3. The van der Waals surface area contributed by atoms with Crippen molar-refractivity contribution in [2.24, 2.45) is 0 Å². The molecular formula is C17H19N3. The number of nitrogens with zero attached hydrogens (tertiary/aromatic N) is 1. The number of benzene rings is 2. The van der Waals surface area contributed by atoms with Crippen LogP contribution in [-0.4, -0.2) is 12.5 Å². The van der Waals surface area contributed by atoms with E-state index in [0.29, 0.717) is 5.96 Å². The van der Waals surface area contributed by atoms with E-state index in [1.165, 1.54) is 16.7 Å². The van der Waals surface area contributed by atoms with Crippen molar-refractivity contribution >= 4 is 17.3 Å². The molecule has 0 amide bonds. The molecule has 0 saturated heterocycles. The summed E-state index contributed by atoms with van der Waals surface area (Å²) in [5.74, 6) is 0.443. The van der Waals surface area contributed by atoms with Gasteiger partial charge in [0.1, 0.15) is 0 Å². The average molecular weight is 265 g/mol. The fourth-order valence-electron chi connectivity index (χ4n) is 2.59. The van der Waals surface area contributed by atoms with Gasteiger partial charge in [0.05, 0.1) is 0 Å². The zero-order chi connectivity index (χ0) is 14.1. The first-order chi connectivity index (χ1) is 9.65. The summed E-state index contributed by atoms with van der Waals surface area (Å²) in [6.45, 7) is 5.06. The molecule has 2 N–H and O–H groups in total. The lowest BCUT2D eigenvalue weighted by Crippen LogP contribution is -2.34. The van der Waals surface area contributed by atoms with Crippen LogP contribution in [-0.2, 0) is 6.42 Å².